The van der Waals surface area contributed by atoms with Gasteiger partial charge >= 0.3 is 0 Å². The zero-order valence-corrected chi connectivity index (χ0v) is 14.0. The predicted molar refractivity (Wildman–Crippen MR) is 98.1 cm³/mol. The maximum Gasteiger partial charge on any atom is 0.191 e. The van der Waals surface area contributed by atoms with E-state index in [9.17, 15) is 0 Å². The lowest BCUT2D eigenvalue weighted by Crippen LogP contribution is -2.39. The molecule has 0 bridgehead atoms. The molecule has 3 aromatic rings. The highest BCUT2D eigenvalue weighted by Crippen LogP contribution is 2.11. The fourth-order valence-electron chi connectivity index (χ4n) is 2.69. The van der Waals surface area contributed by atoms with Crippen LogP contribution < -0.4 is 10.6 Å². The maximum absolute atomic E-state index is 4.42. The molecule has 3 rings (SSSR count). The number of hydrogen-bond acceptors (Lipinski definition) is 2. The summed E-state index contributed by atoms with van der Waals surface area (Å²) in [4.78, 5) is 8.68. The van der Waals surface area contributed by atoms with Crippen LogP contribution in [0.2, 0.25) is 0 Å². The zero-order valence-electron chi connectivity index (χ0n) is 14.0. The Morgan fingerprint density at radius 1 is 1.04 bits per heavy atom. The smallest absolute Gasteiger partial charge is 0.191 e. The van der Waals surface area contributed by atoms with Crippen LogP contribution in [0.15, 0.2) is 60.1 Å². The molecule has 0 aliphatic rings. The summed E-state index contributed by atoms with van der Waals surface area (Å²) in [5.41, 5.74) is 2.24. The molecule has 126 valence electrons. The first kappa shape index (κ1) is 16.1. The van der Waals surface area contributed by atoms with Gasteiger partial charge in [-0.25, -0.2) is 4.98 Å². The van der Waals surface area contributed by atoms with E-state index in [0.717, 1.165) is 44.1 Å². The molecule has 1 aromatic carbocycles. The average molecular weight is 324 g/mol. The molecule has 2 heterocycles. The Labute approximate surface area is 142 Å². The number of fused-ring (bicyclic) bond motifs is 1. The van der Waals surface area contributed by atoms with Crippen LogP contribution in [0.1, 0.15) is 6.42 Å². The van der Waals surface area contributed by atoms with Crippen LogP contribution in [-0.2, 0) is 13.1 Å². The number of aliphatic imine (C=N–C) groups is 1. The summed E-state index contributed by atoms with van der Waals surface area (Å²) in [6, 6.07) is 12.3. The SMILES string of the molecule is CN=C(NCCCn1cnc2ccccc21)NCCn1cccc1. The highest BCUT2D eigenvalue weighted by Gasteiger charge is 2.01. The van der Waals surface area contributed by atoms with Gasteiger partial charge in [0.2, 0.25) is 0 Å². The van der Waals surface area contributed by atoms with Crippen molar-refractivity contribution in [3.63, 3.8) is 0 Å². The first-order valence-electron chi connectivity index (χ1n) is 8.32. The minimum atomic E-state index is 0.845. The highest BCUT2D eigenvalue weighted by molar-refractivity contribution is 5.79. The van der Waals surface area contributed by atoms with Crippen LogP contribution in [-0.4, -0.2) is 40.2 Å². The Morgan fingerprint density at radius 2 is 1.83 bits per heavy atom. The van der Waals surface area contributed by atoms with Gasteiger partial charge in [0, 0.05) is 45.6 Å². The van der Waals surface area contributed by atoms with Crippen molar-refractivity contribution in [2.45, 2.75) is 19.5 Å². The second-order valence-corrected chi connectivity index (χ2v) is 5.63. The summed E-state index contributed by atoms with van der Waals surface area (Å²) in [7, 11) is 1.80. The van der Waals surface area contributed by atoms with E-state index >= 15 is 0 Å². The Kier molecular flexibility index (Phi) is 5.50. The molecular weight excluding hydrogens is 300 g/mol. The molecule has 6 nitrogen and oxygen atoms in total. The summed E-state index contributed by atoms with van der Waals surface area (Å²) in [5.74, 6) is 0.845. The second-order valence-electron chi connectivity index (χ2n) is 5.63. The Hall–Kier alpha value is -2.76. The molecule has 2 aromatic heterocycles. The third kappa shape index (κ3) is 4.16. The van der Waals surface area contributed by atoms with Gasteiger partial charge < -0.3 is 19.8 Å². The lowest BCUT2D eigenvalue weighted by Gasteiger charge is -2.12. The molecule has 6 heteroatoms. The van der Waals surface area contributed by atoms with E-state index in [4.69, 9.17) is 0 Å². The summed E-state index contributed by atoms with van der Waals surface area (Å²) in [6.07, 6.45) is 7.05. The Balaban J connectivity index is 1.38. The second kappa shape index (κ2) is 8.19. The molecule has 0 atom stereocenters. The molecule has 0 fully saturated rings. The minimum Gasteiger partial charge on any atom is -0.356 e. The number of guanidine groups is 1. The van der Waals surface area contributed by atoms with Crippen LogP contribution in [0.3, 0.4) is 0 Å². The third-order valence-electron chi connectivity index (χ3n) is 3.95. The van der Waals surface area contributed by atoms with Crippen LogP contribution in [0, 0.1) is 0 Å². The lowest BCUT2D eigenvalue weighted by molar-refractivity contribution is 0.627. The molecule has 24 heavy (non-hydrogen) atoms. The maximum atomic E-state index is 4.42. The molecule has 0 amide bonds. The van der Waals surface area contributed by atoms with Crippen LogP contribution in [0.25, 0.3) is 11.0 Å². The summed E-state index contributed by atoms with van der Waals surface area (Å²) >= 11 is 0. The number of aryl methyl sites for hydroxylation is 1. The number of hydrogen-bond donors (Lipinski definition) is 2. The summed E-state index contributed by atoms with van der Waals surface area (Å²) < 4.78 is 4.34. The first-order valence-corrected chi connectivity index (χ1v) is 8.32. The Bertz CT molecular complexity index is 772. The average Bonchev–Trinajstić information content (AvgIpc) is 3.27. The molecule has 0 aliphatic carbocycles. The monoisotopic (exact) mass is 324 g/mol. The van der Waals surface area contributed by atoms with Crippen molar-refractivity contribution >= 4 is 17.0 Å². The van der Waals surface area contributed by atoms with Gasteiger partial charge in [0.05, 0.1) is 17.4 Å². The number of nitrogens with zero attached hydrogens (tertiary/aromatic N) is 4. The van der Waals surface area contributed by atoms with Gasteiger partial charge in [-0.05, 0) is 30.7 Å². The number of aromatic nitrogens is 3. The fourth-order valence-corrected chi connectivity index (χ4v) is 2.69. The van der Waals surface area contributed by atoms with E-state index in [2.05, 4.69) is 54.3 Å². The lowest BCUT2D eigenvalue weighted by atomic mass is 10.3. The fraction of sp³-hybridized carbons (Fsp3) is 0.333. The van der Waals surface area contributed by atoms with Gasteiger partial charge in [-0.15, -0.1) is 0 Å². The van der Waals surface area contributed by atoms with Crippen LogP contribution >= 0.6 is 0 Å². The van der Waals surface area contributed by atoms with E-state index in [-0.39, 0.29) is 0 Å². The van der Waals surface area contributed by atoms with Gasteiger partial charge in [-0.3, -0.25) is 4.99 Å². The summed E-state index contributed by atoms with van der Waals surface area (Å²) in [5, 5.41) is 6.69. The Morgan fingerprint density at radius 3 is 2.67 bits per heavy atom. The number of imidazole rings is 1. The number of rotatable bonds is 7. The third-order valence-corrected chi connectivity index (χ3v) is 3.95. The molecular formula is C18H24N6. The highest BCUT2D eigenvalue weighted by atomic mass is 15.2. The van der Waals surface area contributed by atoms with Crippen molar-refractivity contribution in [1.82, 2.24) is 24.8 Å². The molecule has 0 saturated carbocycles. The summed E-state index contributed by atoms with van der Waals surface area (Å²) in [6.45, 7) is 3.58. The molecule has 0 radical (unpaired) electrons. The van der Waals surface area contributed by atoms with Gasteiger partial charge in [0.1, 0.15) is 0 Å². The van der Waals surface area contributed by atoms with Gasteiger partial charge in [-0.2, -0.15) is 0 Å². The van der Waals surface area contributed by atoms with Gasteiger partial charge in [0.15, 0.2) is 5.96 Å². The van der Waals surface area contributed by atoms with Crippen LogP contribution in [0.5, 0.6) is 0 Å². The van der Waals surface area contributed by atoms with E-state index in [1.165, 1.54) is 5.52 Å². The number of benzene rings is 1. The molecule has 0 unspecified atom stereocenters. The normalized spacial score (nSPS) is 11.8. The van der Waals surface area contributed by atoms with Crippen molar-refractivity contribution in [1.29, 1.82) is 0 Å². The van der Waals surface area contributed by atoms with E-state index in [1.807, 2.05) is 30.6 Å². The van der Waals surface area contributed by atoms with Gasteiger partial charge in [0.25, 0.3) is 0 Å². The molecule has 2 N–H and O–H groups in total. The van der Waals surface area contributed by atoms with E-state index in [0.29, 0.717) is 0 Å². The van der Waals surface area contributed by atoms with Crippen molar-refractivity contribution in [3.05, 3.63) is 55.1 Å². The largest absolute Gasteiger partial charge is 0.356 e. The van der Waals surface area contributed by atoms with Crippen molar-refractivity contribution in [3.8, 4) is 0 Å². The minimum absolute atomic E-state index is 0.845. The van der Waals surface area contributed by atoms with Crippen molar-refractivity contribution < 1.29 is 0 Å². The molecule has 0 spiro atoms. The zero-order chi connectivity index (χ0) is 16.6. The number of para-hydroxylation sites is 2. The molecule has 0 saturated heterocycles. The first-order chi connectivity index (χ1) is 11.9. The van der Waals surface area contributed by atoms with Crippen molar-refractivity contribution in [2.24, 2.45) is 4.99 Å². The predicted octanol–water partition coefficient (Wildman–Crippen LogP) is 2.09. The van der Waals surface area contributed by atoms with E-state index in [1.54, 1.807) is 7.05 Å². The molecule has 0 aliphatic heterocycles. The quantitative estimate of drug-likeness (QED) is 0.397. The van der Waals surface area contributed by atoms with Gasteiger partial charge in [-0.1, -0.05) is 12.1 Å². The number of nitrogens with one attached hydrogen (secondary N) is 2. The standard InChI is InChI=1S/C18H24N6/c1-19-18(21-10-14-23-11-4-5-12-23)20-9-6-13-24-15-22-16-7-2-3-8-17(16)24/h2-5,7-8,11-12,15H,6,9-10,13-14H2,1H3,(H2,19,20,21). The van der Waals surface area contributed by atoms with Crippen LogP contribution in [0.4, 0.5) is 0 Å². The van der Waals surface area contributed by atoms with Crippen molar-refractivity contribution in [2.75, 3.05) is 20.1 Å². The van der Waals surface area contributed by atoms with E-state index < -0.39 is 0 Å². The topological polar surface area (TPSA) is 59.2 Å².